The highest BCUT2D eigenvalue weighted by atomic mass is 32.2. The number of sulfonamides is 1. The summed E-state index contributed by atoms with van der Waals surface area (Å²) in [5.74, 6) is 0.415. The Morgan fingerprint density at radius 1 is 0.967 bits per heavy atom. The number of ether oxygens (including phenoxy) is 1. The zero-order valence-electron chi connectivity index (χ0n) is 17.1. The maximum Gasteiger partial charge on any atom is 0.261 e. The first kappa shape index (κ1) is 21.4. The molecular formula is C23H24N2O4S. The van der Waals surface area contributed by atoms with Crippen LogP contribution in [0.5, 0.6) is 5.75 Å². The van der Waals surface area contributed by atoms with Crippen LogP contribution in [0.2, 0.25) is 0 Å². The minimum atomic E-state index is -3.75. The average Bonchev–Trinajstić information content (AvgIpc) is 2.74. The molecule has 156 valence electrons. The van der Waals surface area contributed by atoms with Crippen molar-refractivity contribution in [3.63, 3.8) is 0 Å². The van der Waals surface area contributed by atoms with Crippen molar-refractivity contribution in [2.24, 2.45) is 0 Å². The van der Waals surface area contributed by atoms with E-state index in [1.165, 1.54) is 0 Å². The molecule has 0 fully saturated rings. The van der Waals surface area contributed by atoms with Crippen LogP contribution < -0.4 is 14.8 Å². The number of benzene rings is 3. The summed E-state index contributed by atoms with van der Waals surface area (Å²) in [6.45, 7) is 4.00. The van der Waals surface area contributed by atoms with Crippen LogP contribution in [0.1, 0.15) is 27.0 Å². The Kier molecular flexibility index (Phi) is 6.42. The maximum absolute atomic E-state index is 12.7. The molecule has 2 N–H and O–H groups in total. The first-order valence-electron chi connectivity index (χ1n) is 9.40. The molecule has 3 aromatic rings. The summed E-state index contributed by atoms with van der Waals surface area (Å²) in [6, 6.07) is 18.9. The zero-order valence-corrected chi connectivity index (χ0v) is 17.9. The van der Waals surface area contributed by atoms with Gasteiger partial charge in [0.15, 0.2) is 0 Å². The molecule has 7 heteroatoms. The van der Waals surface area contributed by atoms with Crippen molar-refractivity contribution >= 4 is 21.6 Å². The molecule has 0 aliphatic heterocycles. The minimum absolute atomic E-state index is 0.167. The zero-order chi connectivity index (χ0) is 21.7. The van der Waals surface area contributed by atoms with E-state index in [-0.39, 0.29) is 10.8 Å². The van der Waals surface area contributed by atoms with Crippen LogP contribution in [0.4, 0.5) is 5.69 Å². The first-order valence-corrected chi connectivity index (χ1v) is 10.9. The van der Waals surface area contributed by atoms with Gasteiger partial charge in [-0.15, -0.1) is 0 Å². The topological polar surface area (TPSA) is 84.5 Å². The van der Waals surface area contributed by atoms with Crippen LogP contribution in [0, 0.1) is 13.8 Å². The van der Waals surface area contributed by atoms with Crippen molar-refractivity contribution in [2.45, 2.75) is 25.3 Å². The molecule has 1 amide bonds. The van der Waals surface area contributed by atoms with E-state index in [0.717, 1.165) is 16.7 Å². The average molecular weight is 425 g/mol. The quantitative estimate of drug-likeness (QED) is 0.599. The standard InChI is InChI=1S/C23H24N2O4S/c1-16-7-11-21(12-8-16)30(27,28)25-22-14-19(10-9-17(22)2)23(26)24-15-18-5-4-6-20(13-18)29-3/h4-14,25H,15H2,1-3H3,(H,24,26). The lowest BCUT2D eigenvalue weighted by Crippen LogP contribution is -2.23. The van der Waals surface area contributed by atoms with Gasteiger partial charge in [0, 0.05) is 12.1 Å². The van der Waals surface area contributed by atoms with E-state index in [1.807, 2.05) is 31.2 Å². The lowest BCUT2D eigenvalue weighted by atomic mass is 10.1. The maximum atomic E-state index is 12.7. The van der Waals surface area contributed by atoms with Gasteiger partial charge in [-0.1, -0.05) is 35.9 Å². The van der Waals surface area contributed by atoms with E-state index in [0.29, 0.717) is 23.5 Å². The molecule has 0 aromatic heterocycles. The van der Waals surface area contributed by atoms with Crippen LogP contribution >= 0.6 is 0 Å². The Labute approximate surface area is 177 Å². The molecule has 0 spiro atoms. The molecule has 0 aliphatic carbocycles. The molecule has 0 radical (unpaired) electrons. The van der Waals surface area contributed by atoms with E-state index in [9.17, 15) is 13.2 Å². The number of amides is 1. The van der Waals surface area contributed by atoms with E-state index in [1.54, 1.807) is 56.5 Å². The van der Waals surface area contributed by atoms with Gasteiger partial charge in [-0.05, 0) is 61.4 Å². The molecule has 0 saturated carbocycles. The van der Waals surface area contributed by atoms with Gasteiger partial charge in [-0.3, -0.25) is 9.52 Å². The number of aryl methyl sites for hydroxylation is 2. The number of carbonyl (C=O) groups is 1. The molecule has 0 aliphatic rings. The van der Waals surface area contributed by atoms with Crippen molar-refractivity contribution in [3.8, 4) is 5.75 Å². The van der Waals surface area contributed by atoms with Crippen LogP contribution in [0.25, 0.3) is 0 Å². The van der Waals surface area contributed by atoms with Gasteiger partial charge in [-0.2, -0.15) is 0 Å². The summed E-state index contributed by atoms with van der Waals surface area (Å²) in [4.78, 5) is 12.8. The second-order valence-electron chi connectivity index (χ2n) is 6.98. The van der Waals surface area contributed by atoms with Gasteiger partial charge in [-0.25, -0.2) is 8.42 Å². The number of nitrogens with one attached hydrogen (secondary N) is 2. The molecule has 0 atom stereocenters. The summed E-state index contributed by atoms with van der Waals surface area (Å²) in [5.41, 5.74) is 3.32. The van der Waals surface area contributed by atoms with Crippen molar-refractivity contribution < 1.29 is 17.9 Å². The number of hydrogen-bond donors (Lipinski definition) is 2. The van der Waals surface area contributed by atoms with Crippen molar-refractivity contribution in [1.82, 2.24) is 5.32 Å². The predicted octanol–water partition coefficient (Wildman–Crippen LogP) is 4.04. The number of anilines is 1. The molecular weight excluding hydrogens is 400 g/mol. The van der Waals surface area contributed by atoms with Gasteiger partial charge >= 0.3 is 0 Å². The molecule has 6 nitrogen and oxygen atoms in total. The number of rotatable bonds is 7. The summed E-state index contributed by atoms with van der Waals surface area (Å²) in [5, 5.41) is 2.84. The van der Waals surface area contributed by atoms with Gasteiger partial charge in [0.05, 0.1) is 17.7 Å². The number of methoxy groups -OCH3 is 1. The summed E-state index contributed by atoms with van der Waals surface area (Å²) in [7, 11) is -2.17. The normalized spacial score (nSPS) is 11.0. The van der Waals surface area contributed by atoms with E-state index < -0.39 is 10.0 Å². The van der Waals surface area contributed by atoms with Gasteiger partial charge < -0.3 is 10.1 Å². The minimum Gasteiger partial charge on any atom is -0.497 e. The van der Waals surface area contributed by atoms with Gasteiger partial charge in [0.2, 0.25) is 0 Å². The van der Waals surface area contributed by atoms with Crippen LogP contribution in [0.15, 0.2) is 71.6 Å². The van der Waals surface area contributed by atoms with Crippen LogP contribution in [-0.2, 0) is 16.6 Å². The Bertz CT molecular complexity index is 1160. The fraction of sp³-hybridized carbons (Fsp3) is 0.174. The molecule has 3 rings (SSSR count). The third-order valence-electron chi connectivity index (χ3n) is 4.66. The fourth-order valence-electron chi connectivity index (χ4n) is 2.86. The third kappa shape index (κ3) is 5.18. The van der Waals surface area contributed by atoms with Crippen molar-refractivity contribution in [2.75, 3.05) is 11.8 Å². The highest BCUT2D eigenvalue weighted by Gasteiger charge is 2.16. The van der Waals surface area contributed by atoms with Crippen LogP contribution in [-0.4, -0.2) is 21.4 Å². The number of hydrogen-bond acceptors (Lipinski definition) is 4. The Balaban J connectivity index is 1.75. The van der Waals surface area contributed by atoms with Crippen molar-refractivity contribution in [1.29, 1.82) is 0 Å². The molecule has 0 bridgehead atoms. The van der Waals surface area contributed by atoms with E-state index in [4.69, 9.17) is 4.74 Å². The molecule has 0 unspecified atom stereocenters. The van der Waals surface area contributed by atoms with Gasteiger partial charge in [0.25, 0.3) is 15.9 Å². The molecule has 30 heavy (non-hydrogen) atoms. The monoisotopic (exact) mass is 424 g/mol. The Morgan fingerprint density at radius 2 is 1.70 bits per heavy atom. The summed E-state index contributed by atoms with van der Waals surface area (Å²) >= 11 is 0. The van der Waals surface area contributed by atoms with Crippen molar-refractivity contribution in [3.05, 3.63) is 89.0 Å². The third-order valence-corrected chi connectivity index (χ3v) is 6.04. The molecule has 0 heterocycles. The van der Waals surface area contributed by atoms with Crippen LogP contribution in [0.3, 0.4) is 0 Å². The SMILES string of the molecule is COc1cccc(CNC(=O)c2ccc(C)c(NS(=O)(=O)c3ccc(C)cc3)c2)c1. The largest absolute Gasteiger partial charge is 0.497 e. The lowest BCUT2D eigenvalue weighted by Gasteiger charge is -2.13. The van der Waals surface area contributed by atoms with E-state index in [2.05, 4.69) is 10.0 Å². The van der Waals surface area contributed by atoms with Gasteiger partial charge in [0.1, 0.15) is 5.75 Å². The highest BCUT2D eigenvalue weighted by Crippen LogP contribution is 2.22. The Morgan fingerprint density at radius 3 is 2.40 bits per heavy atom. The highest BCUT2D eigenvalue weighted by molar-refractivity contribution is 7.92. The predicted molar refractivity (Wildman–Crippen MR) is 117 cm³/mol. The molecule has 3 aromatic carbocycles. The second-order valence-corrected chi connectivity index (χ2v) is 8.66. The summed E-state index contributed by atoms with van der Waals surface area (Å²) in [6.07, 6.45) is 0. The second kappa shape index (κ2) is 9.00. The van der Waals surface area contributed by atoms with E-state index >= 15 is 0 Å². The number of carbonyl (C=O) groups excluding carboxylic acids is 1. The smallest absolute Gasteiger partial charge is 0.261 e. The first-order chi connectivity index (χ1) is 14.3. The molecule has 0 saturated heterocycles. The fourth-order valence-corrected chi connectivity index (χ4v) is 3.98. The lowest BCUT2D eigenvalue weighted by molar-refractivity contribution is 0.0951. The summed E-state index contributed by atoms with van der Waals surface area (Å²) < 4.78 is 33.2. The Hall–Kier alpha value is -3.32.